The van der Waals surface area contributed by atoms with Crippen molar-refractivity contribution in [3.63, 3.8) is 0 Å². The van der Waals surface area contributed by atoms with Crippen molar-refractivity contribution in [3.05, 3.63) is 23.8 Å². The molecule has 0 radical (unpaired) electrons. The number of rotatable bonds is 6. The molecule has 0 aromatic heterocycles. The van der Waals surface area contributed by atoms with Crippen molar-refractivity contribution in [1.82, 2.24) is 15.1 Å². The summed E-state index contributed by atoms with van der Waals surface area (Å²) in [6.07, 6.45) is 1.09. The number of amides is 1. The van der Waals surface area contributed by atoms with Crippen molar-refractivity contribution in [1.29, 1.82) is 0 Å². The van der Waals surface area contributed by atoms with Gasteiger partial charge in [-0.15, -0.1) is 0 Å². The van der Waals surface area contributed by atoms with Crippen LogP contribution in [0.25, 0.3) is 0 Å². The van der Waals surface area contributed by atoms with Crippen LogP contribution in [0.2, 0.25) is 0 Å². The molecular weight excluding hydrogens is 294 g/mol. The second kappa shape index (κ2) is 8.74. The third kappa shape index (κ3) is 5.11. The minimum atomic E-state index is 0.140. The predicted octanol–water partition coefficient (Wildman–Crippen LogP) is 0.958. The lowest BCUT2D eigenvalue weighted by Crippen LogP contribution is -2.39. The highest BCUT2D eigenvalue weighted by atomic mass is 16.5. The summed E-state index contributed by atoms with van der Waals surface area (Å²) >= 11 is 0. The van der Waals surface area contributed by atoms with Gasteiger partial charge in [0.15, 0.2) is 11.5 Å². The molecule has 1 heterocycles. The molecule has 6 nitrogen and oxygen atoms in total. The number of hydrogen-bond donors (Lipinski definition) is 1. The molecule has 128 valence electrons. The largest absolute Gasteiger partial charge is 0.493 e. The molecule has 0 atom stereocenters. The second-order valence-electron chi connectivity index (χ2n) is 5.82. The molecule has 1 amide bonds. The normalized spacial score (nSPS) is 15.8. The quantitative estimate of drug-likeness (QED) is 0.846. The zero-order valence-electron chi connectivity index (χ0n) is 14.3. The van der Waals surface area contributed by atoms with Crippen LogP contribution in [0, 0.1) is 0 Å². The van der Waals surface area contributed by atoms with Gasteiger partial charge in [-0.2, -0.15) is 0 Å². The number of nitrogens with zero attached hydrogens (tertiary/aromatic N) is 2. The minimum absolute atomic E-state index is 0.140. The van der Waals surface area contributed by atoms with Crippen LogP contribution in [-0.2, 0) is 11.3 Å². The molecule has 6 heteroatoms. The van der Waals surface area contributed by atoms with E-state index in [0.717, 1.165) is 38.2 Å². The fourth-order valence-corrected chi connectivity index (χ4v) is 2.71. The molecule has 1 aliphatic heterocycles. The van der Waals surface area contributed by atoms with Gasteiger partial charge in [-0.05, 0) is 37.2 Å². The van der Waals surface area contributed by atoms with E-state index in [1.165, 1.54) is 0 Å². The molecule has 0 unspecified atom stereocenters. The SMILES string of the molecule is COc1ccc(CN(C)C(=O)CN2CCCNCC2)cc1OC. The van der Waals surface area contributed by atoms with Gasteiger partial charge in [-0.1, -0.05) is 6.07 Å². The van der Waals surface area contributed by atoms with Gasteiger partial charge in [0.2, 0.25) is 5.91 Å². The molecule has 1 aromatic rings. The Kier molecular flexibility index (Phi) is 6.67. The number of ether oxygens (including phenoxy) is 2. The maximum absolute atomic E-state index is 12.4. The van der Waals surface area contributed by atoms with Gasteiger partial charge in [-0.25, -0.2) is 0 Å². The monoisotopic (exact) mass is 321 g/mol. The average Bonchev–Trinajstić information content (AvgIpc) is 2.83. The lowest BCUT2D eigenvalue weighted by atomic mass is 10.2. The van der Waals surface area contributed by atoms with E-state index < -0.39 is 0 Å². The highest BCUT2D eigenvalue weighted by molar-refractivity contribution is 5.78. The molecule has 0 bridgehead atoms. The van der Waals surface area contributed by atoms with Crippen LogP contribution in [0.4, 0.5) is 0 Å². The molecule has 1 N–H and O–H groups in total. The summed E-state index contributed by atoms with van der Waals surface area (Å²) in [5.41, 5.74) is 1.02. The van der Waals surface area contributed by atoms with Gasteiger partial charge in [0.05, 0.1) is 20.8 Å². The van der Waals surface area contributed by atoms with E-state index in [9.17, 15) is 4.79 Å². The summed E-state index contributed by atoms with van der Waals surface area (Å²) in [5.74, 6) is 1.52. The third-order valence-electron chi connectivity index (χ3n) is 4.09. The van der Waals surface area contributed by atoms with Crippen LogP contribution in [0.1, 0.15) is 12.0 Å². The predicted molar refractivity (Wildman–Crippen MR) is 89.9 cm³/mol. The lowest BCUT2D eigenvalue weighted by Gasteiger charge is -2.23. The Hall–Kier alpha value is -1.79. The van der Waals surface area contributed by atoms with E-state index >= 15 is 0 Å². The molecule has 1 aromatic carbocycles. The van der Waals surface area contributed by atoms with Crippen molar-refractivity contribution in [2.24, 2.45) is 0 Å². The van der Waals surface area contributed by atoms with E-state index in [1.807, 2.05) is 25.2 Å². The molecule has 1 fully saturated rings. The molecule has 1 aliphatic rings. The van der Waals surface area contributed by atoms with E-state index in [2.05, 4.69) is 10.2 Å². The molecule has 0 saturated carbocycles. The summed E-state index contributed by atoms with van der Waals surface area (Å²) in [7, 11) is 5.07. The molecule has 23 heavy (non-hydrogen) atoms. The Morgan fingerprint density at radius 3 is 2.74 bits per heavy atom. The standard InChI is InChI=1S/C17H27N3O3/c1-19(17(21)13-20-9-4-7-18-8-10-20)12-14-5-6-15(22-2)16(11-14)23-3/h5-6,11,18H,4,7-10,12-13H2,1-3H3. The number of hydrogen-bond acceptors (Lipinski definition) is 5. The number of benzene rings is 1. The number of likely N-dealkylation sites (N-methyl/N-ethyl adjacent to an activating group) is 1. The zero-order valence-corrected chi connectivity index (χ0v) is 14.3. The number of carbonyl (C=O) groups is 1. The summed E-state index contributed by atoms with van der Waals surface area (Å²) in [6.45, 7) is 4.93. The summed E-state index contributed by atoms with van der Waals surface area (Å²) in [4.78, 5) is 16.4. The van der Waals surface area contributed by atoms with Gasteiger partial charge in [-0.3, -0.25) is 9.69 Å². The van der Waals surface area contributed by atoms with E-state index in [0.29, 0.717) is 24.6 Å². The lowest BCUT2D eigenvalue weighted by molar-refractivity contribution is -0.131. The number of methoxy groups -OCH3 is 2. The van der Waals surface area contributed by atoms with E-state index in [1.54, 1.807) is 19.1 Å². The maximum atomic E-state index is 12.4. The first-order valence-electron chi connectivity index (χ1n) is 8.02. The van der Waals surface area contributed by atoms with Gasteiger partial charge in [0, 0.05) is 26.7 Å². The van der Waals surface area contributed by atoms with Crippen LogP contribution in [0.15, 0.2) is 18.2 Å². The smallest absolute Gasteiger partial charge is 0.236 e. The highest BCUT2D eigenvalue weighted by Crippen LogP contribution is 2.27. The minimum Gasteiger partial charge on any atom is -0.493 e. The van der Waals surface area contributed by atoms with Crippen molar-refractivity contribution >= 4 is 5.91 Å². The topological polar surface area (TPSA) is 54.0 Å². The van der Waals surface area contributed by atoms with Crippen molar-refractivity contribution in [3.8, 4) is 11.5 Å². The Morgan fingerprint density at radius 1 is 1.22 bits per heavy atom. The fraction of sp³-hybridized carbons (Fsp3) is 0.588. The van der Waals surface area contributed by atoms with Crippen LogP contribution < -0.4 is 14.8 Å². The summed E-state index contributed by atoms with van der Waals surface area (Å²) in [6, 6.07) is 5.74. The summed E-state index contributed by atoms with van der Waals surface area (Å²) in [5, 5.41) is 3.35. The molecule has 2 rings (SSSR count). The van der Waals surface area contributed by atoms with Crippen LogP contribution in [0.5, 0.6) is 11.5 Å². The molecule has 0 aliphatic carbocycles. The van der Waals surface area contributed by atoms with E-state index in [4.69, 9.17) is 9.47 Å². The second-order valence-corrected chi connectivity index (χ2v) is 5.82. The Balaban J connectivity index is 1.92. The van der Waals surface area contributed by atoms with Gasteiger partial charge < -0.3 is 19.7 Å². The molecule has 0 spiro atoms. The van der Waals surface area contributed by atoms with Crippen molar-refractivity contribution in [2.75, 3.05) is 54.0 Å². The number of carbonyl (C=O) groups excluding carboxylic acids is 1. The fourth-order valence-electron chi connectivity index (χ4n) is 2.71. The number of nitrogens with one attached hydrogen (secondary N) is 1. The molecule has 1 saturated heterocycles. The van der Waals surface area contributed by atoms with Crippen molar-refractivity contribution in [2.45, 2.75) is 13.0 Å². The van der Waals surface area contributed by atoms with Crippen molar-refractivity contribution < 1.29 is 14.3 Å². The third-order valence-corrected chi connectivity index (χ3v) is 4.09. The molecular formula is C17H27N3O3. The summed E-state index contributed by atoms with van der Waals surface area (Å²) < 4.78 is 10.5. The van der Waals surface area contributed by atoms with Gasteiger partial charge in [0.25, 0.3) is 0 Å². The maximum Gasteiger partial charge on any atom is 0.236 e. The first-order chi connectivity index (χ1) is 11.1. The zero-order chi connectivity index (χ0) is 16.7. The Labute approximate surface area is 138 Å². The van der Waals surface area contributed by atoms with Gasteiger partial charge in [0.1, 0.15) is 0 Å². The van der Waals surface area contributed by atoms with Crippen LogP contribution in [-0.4, -0.2) is 69.7 Å². The first-order valence-corrected chi connectivity index (χ1v) is 8.02. The van der Waals surface area contributed by atoms with Gasteiger partial charge >= 0.3 is 0 Å². The van der Waals surface area contributed by atoms with Crippen LogP contribution in [0.3, 0.4) is 0 Å². The average molecular weight is 321 g/mol. The Morgan fingerprint density at radius 2 is 2.00 bits per heavy atom. The Bertz CT molecular complexity index is 514. The first kappa shape index (κ1) is 17.6. The van der Waals surface area contributed by atoms with Crippen LogP contribution >= 0.6 is 0 Å². The van der Waals surface area contributed by atoms with E-state index in [-0.39, 0.29) is 5.91 Å². The highest BCUT2D eigenvalue weighted by Gasteiger charge is 2.16.